The topological polar surface area (TPSA) is 55.8 Å². The van der Waals surface area contributed by atoms with Gasteiger partial charge in [0.15, 0.2) is 0 Å². The molecule has 90 valence electrons. The number of carbonyl (C=O) groups excluding carboxylic acids is 1. The van der Waals surface area contributed by atoms with Crippen LogP contribution in [0.1, 0.15) is 27.7 Å². The molecule has 5 nitrogen and oxygen atoms in total. The summed E-state index contributed by atoms with van der Waals surface area (Å²) in [6.07, 6.45) is -0.642. The van der Waals surface area contributed by atoms with Crippen molar-refractivity contribution in [1.29, 1.82) is 0 Å². The molecular weight excluding hydrogens is 217 g/mol. The first kappa shape index (κ1) is 14.6. The molecule has 1 amide bonds. The molecule has 0 aliphatic heterocycles. The molecule has 0 atom stereocenters. The molecule has 0 aliphatic rings. The maximum atomic E-state index is 12.1. The lowest BCUT2D eigenvalue weighted by molar-refractivity contribution is 0.138. The van der Waals surface area contributed by atoms with Gasteiger partial charge in [-0.25, -0.2) is 4.57 Å². The molecular formula is C9H20NO4P. The van der Waals surface area contributed by atoms with Crippen LogP contribution in [0, 0.1) is 0 Å². The Labute approximate surface area is 91.3 Å². The maximum Gasteiger partial charge on any atom is 0.418 e. The van der Waals surface area contributed by atoms with Crippen molar-refractivity contribution in [2.45, 2.75) is 39.9 Å². The van der Waals surface area contributed by atoms with E-state index in [1.165, 1.54) is 19.0 Å². The quantitative estimate of drug-likeness (QED) is 0.690. The first-order valence-corrected chi connectivity index (χ1v) is 6.42. The second-order valence-corrected chi connectivity index (χ2v) is 5.78. The van der Waals surface area contributed by atoms with E-state index in [9.17, 15) is 9.36 Å². The van der Waals surface area contributed by atoms with Gasteiger partial charge in [-0.05, 0) is 27.7 Å². The normalized spacial score (nSPS) is 12.3. The summed E-state index contributed by atoms with van der Waals surface area (Å²) < 4.78 is 22.4. The summed E-state index contributed by atoms with van der Waals surface area (Å²) in [6.45, 7) is 6.83. The predicted molar refractivity (Wildman–Crippen MR) is 59.1 cm³/mol. The molecule has 0 bridgehead atoms. The zero-order valence-electron chi connectivity index (χ0n) is 10.2. The van der Waals surface area contributed by atoms with E-state index in [1.807, 2.05) is 0 Å². The molecule has 0 unspecified atom stereocenters. The largest absolute Gasteiger partial charge is 0.418 e. The molecule has 0 saturated heterocycles. The van der Waals surface area contributed by atoms with Crippen molar-refractivity contribution in [3.63, 3.8) is 0 Å². The Kier molecular flexibility index (Phi) is 5.49. The first-order valence-electron chi connectivity index (χ1n) is 4.87. The summed E-state index contributed by atoms with van der Waals surface area (Å²) in [6, 6.07) is 0. The van der Waals surface area contributed by atoms with Crippen molar-refractivity contribution in [3.8, 4) is 0 Å². The van der Waals surface area contributed by atoms with Crippen LogP contribution < -0.4 is 0 Å². The Balaban J connectivity index is 4.85. The lowest BCUT2D eigenvalue weighted by atomic mass is 10.5. The van der Waals surface area contributed by atoms with E-state index in [-0.39, 0.29) is 12.2 Å². The standard InChI is InChI=1S/C9H20NO4P/c1-7(2)13-15(12,14-8(3)4)9(11)10(5)6/h7-8H,1-6H3. The minimum atomic E-state index is -3.69. The van der Waals surface area contributed by atoms with Crippen LogP contribution in [0.3, 0.4) is 0 Å². The average molecular weight is 237 g/mol. The molecule has 15 heavy (non-hydrogen) atoms. The number of rotatable bonds is 5. The van der Waals surface area contributed by atoms with Crippen LogP contribution >= 0.6 is 7.60 Å². The van der Waals surface area contributed by atoms with Gasteiger partial charge in [0.25, 0.3) is 0 Å². The fourth-order valence-corrected chi connectivity index (χ4v) is 2.75. The zero-order valence-corrected chi connectivity index (χ0v) is 11.1. The van der Waals surface area contributed by atoms with Gasteiger partial charge in [0.1, 0.15) is 0 Å². The highest BCUT2D eigenvalue weighted by atomic mass is 31.2. The lowest BCUT2D eigenvalue weighted by Crippen LogP contribution is -2.24. The van der Waals surface area contributed by atoms with E-state index in [4.69, 9.17) is 9.05 Å². The van der Waals surface area contributed by atoms with Crippen molar-refractivity contribution in [2.24, 2.45) is 0 Å². The Hall–Kier alpha value is -0.380. The van der Waals surface area contributed by atoms with Crippen LogP contribution in [0.4, 0.5) is 4.79 Å². The predicted octanol–water partition coefficient (Wildman–Crippen LogP) is 2.71. The summed E-state index contributed by atoms with van der Waals surface area (Å²) in [5.41, 5.74) is -0.620. The molecule has 0 rings (SSSR count). The zero-order chi connectivity index (χ0) is 12.2. The third-order valence-electron chi connectivity index (χ3n) is 1.32. The Morgan fingerprint density at radius 3 is 1.60 bits per heavy atom. The molecule has 0 fully saturated rings. The Morgan fingerprint density at radius 2 is 1.40 bits per heavy atom. The molecule has 0 aliphatic carbocycles. The Morgan fingerprint density at radius 1 is 1.07 bits per heavy atom. The van der Waals surface area contributed by atoms with E-state index in [0.717, 1.165) is 0 Å². The minimum Gasteiger partial charge on any atom is -0.338 e. The van der Waals surface area contributed by atoms with Crippen LogP contribution in [-0.4, -0.2) is 36.9 Å². The molecule has 0 radical (unpaired) electrons. The van der Waals surface area contributed by atoms with Crippen molar-refractivity contribution in [1.82, 2.24) is 4.90 Å². The fourth-order valence-electron chi connectivity index (χ4n) is 0.915. The van der Waals surface area contributed by atoms with Gasteiger partial charge < -0.3 is 4.90 Å². The van der Waals surface area contributed by atoms with Gasteiger partial charge >= 0.3 is 13.2 Å². The summed E-state index contributed by atoms with van der Waals surface area (Å²) >= 11 is 0. The van der Waals surface area contributed by atoms with Gasteiger partial charge in [0.2, 0.25) is 0 Å². The molecule has 0 aromatic carbocycles. The van der Waals surface area contributed by atoms with Crippen molar-refractivity contribution in [3.05, 3.63) is 0 Å². The van der Waals surface area contributed by atoms with Gasteiger partial charge in [-0.3, -0.25) is 13.8 Å². The van der Waals surface area contributed by atoms with E-state index in [0.29, 0.717) is 0 Å². The number of hydrogen-bond acceptors (Lipinski definition) is 4. The summed E-state index contributed by atoms with van der Waals surface area (Å²) in [5.74, 6) is 0. The second kappa shape index (κ2) is 5.64. The highest BCUT2D eigenvalue weighted by Crippen LogP contribution is 2.52. The third kappa shape index (κ3) is 4.78. The van der Waals surface area contributed by atoms with Gasteiger partial charge in [-0.2, -0.15) is 0 Å². The molecule has 0 spiro atoms. The molecule has 0 heterocycles. The van der Waals surface area contributed by atoms with Crippen LogP contribution in [0.5, 0.6) is 0 Å². The van der Waals surface area contributed by atoms with Gasteiger partial charge in [0.05, 0.1) is 12.2 Å². The van der Waals surface area contributed by atoms with E-state index in [1.54, 1.807) is 27.7 Å². The number of carbonyl (C=O) groups is 1. The first-order chi connectivity index (χ1) is 6.69. The van der Waals surface area contributed by atoms with E-state index in [2.05, 4.69) is 0 Å². The van der Waals surface area contributed by atoms with E-state index < -0.39 is 13.2 Å². The van der Waals surface area contributed by atoms with E-state index >= 15 is 0 Å². The van der Waals surface area contributed by atoms with Crippen molar-refractivity contribution >= 4 is 13.2 Å². The minimum absolute atomic E-state index is 0.321. The number of amides is 1. The van der Waals surface area contributed by atoms with Gasteiger partial charge in [0, 0.05) is 14.1 Å². The van der Waals surface area contributed by atoms with Crippen LogP contribution in [-0.2, 0) is 13.6 Å². The summed E-state index contributed by atoms with van der Waals surface area (Å²) in [5, 5.41) is 0. The summed E-state index contributed by atoms with van der Waals surface area (Å²) in [7, 11) is -0.659. The lowest BCUT2D eigenvalue weighted by Gasteiger charge is -2.23. The van der Waals surface area contributed by atoms with Crippen molar-refractivity contribution < 1.29 is 18.4 Å². The average Bonchev–Trinajstić information content (AvgIpc) is 1.99. The molecule has 6 heteroatoms. The molecule has 0 saturated carbocycles. The highest BCUT2D eigenvalue weighted by molar-refractivity contribution is 7.71. The van der Waals surface area contributed by atoms with Crippen molar-refractivity contribution in [2.75, 3.05) is 14.1 Å². The number of hydrogen-bond donors (Lipinski definition) is 0. The number of nitrogens with zero attached hydrogens (tertiary/aromatic N) is 1. The van der Waals surface area contributed by atoms with Crippen LogP contribution in [0.15, 0.2) is 0 Å². The van der Waals surface area contributed by atoms with Crippen LogP contribution in [0.2, 0.25) is 0 Å². The highest BCUT2D eigenvalue weighted by Gasteiger charge is 2.38. The smallest absolute Gasteiger partial charge is 0.338 e. The fraction of sp³-hybridized carbons (Fsp3) is 0.889. The SMILES string of the molecule is CC(C)OP(=O)(OC(C)C)C(=O)N(C)C. The molecule has 0 aromatic rings. The maximum absolute atomic E-state index is 12.1. The molecule has 0 aromatic heterocycles. The second-order valence-electron chi connectivity index (χ2n) is 3.98. The van der Waals surface area contributed by atoms with Crippen LogP contribution in [0.25, 0.3) is 0 Å². The third-order valence-corrected chi connectivity index (χ3v) is 3.58. The van der Waals surface area contributed by atoms with Gasteiger partial charge in [-0.15, -0.1) is 0 Å². The van der Waals surface area contributed by atoms with Gasteiger partial charge in [-0.1, -0.05) is 0 Å². The summed E-state index contributed by atoms with van der Waals surface area (Å²) in [4.78, 5) is 12.9. The Bertz CT molecular complexity index is 249. The monoisotopic (exact) mass is 237 g/mol. The molecule has 0 N–H and O–H groups in total.